The number of hydrogen-bond acceptors (Lipinski definition) is 26. The number of benzene rings is 1. The molecule has 35 heteroatoms. The first kappa shape index (κ1) is 65.9. The number of hydrogen-bond donors (Lipinski definition) is 10. The predicted octanol–water partition coefficient (Wildman–Crippen LogP) is -3.87. The number of aryl methyl sites for hydroxylation is 1. The number of nitrogens with two attached hydrogens (primary N) is 1. The number of primary amides is 1. The van der Waals surface area contributed by atoms with Crippen LogP contribution in [0.5, 0.6) is 5.75 Å². The van der Waals surface area contributed by atoms with E-state index in [9.17, 15) is 84.3 Å². The van der Waals surface area contributed by atoms with Gasteiger partial charge in [0.2, 0.25) is 18.1 Å². The number of carbonyl (C=O) groups excluding carboxylic acids is 5. The quantitative estimate of drug-likeness (QED) is 0.0170. The fraction of sp³-hybridized carbons (Fsp3) is 0.569. The highest BCUT2D eigenvalue weighted by Gasteiger charge is 2.49. The minimum atomic E-state index is -2.02. The van der Waals surface area contributed by atoms with E-state index < -0.39 is 140 Å². The van der Waals surface area contributed by atoms with Gasteiger partial charge in [-0.25, -0.2) is 14.4 Å². The summed E-state index contributed by atoms with van der Waals surface area (Å²) in [7, 11) is 1.32. The summed E-state index contributed by atoms with van der Waals surface area (Å²) >= 11 is 1.09. The molecule has 0 radical (unpaired) electrons. The Kier molecular flexibility index (Phi) is 22.7. The maximum atomic E-state index is 14.1. The Labute approximate surface area is 491 Å². The highest BCUT2D eigenvalue weighted by molar-refractivity contribution is 7.19. The molecule has 0 bridgehead atoms. The summed E-state index contributed by atoms with van der Waals surface area (Å²) in [6.45, 7) is 2.46. The number of likely N-dealkylation sites (N-methyl/N-ethyl adjacent to an activating group) is 1. The second-order valence-electron chi connectivity index (χ2n) is 20.3. The van der Waals surface area contributed by atoms with Gasteiger partial charge in [-0.3, -0.25) is 43.1 Å². The van der Waals surface area contributed by atoms with Gasteiger partial charge in [-0.05, 0) is 24.5 Å². The minimum absolute atomic E-state index is 0.00224. The number of thiophene rings is 1. The average molecular weight is 1240 g/mol. The predicted molar refractivity (Wildman–Crippen MR) is 284 cm³/mol. The van der Waals surface area contributed by atoms with Gasteiger partial charge in [-0.1, -0.05) is 30.3 Å². The molecule has 34 nitrogen and oxygen atoms in total. The van der Waals surface area contributed by atoms with E-state index in [0.717, 1.165) is 33.3 Å². The van der Waals surface area contributed by atoms with E-state index in [1.54, 1.807) is 19.9 Å². The molecule has 0 aliphatic carbocycles. The number of aliphatic carboxylic acids is 3. The highest BCUT2D eigenvalue weighted by Crippen LogP contribution is 2.42. The molecule has 5 amide bonds. The van der Waals surface area contributed by atoms with Crippen LogP contribution in [0.25, 0.3) is 10.1 Å². The zero-order valence-electron chi connectivity index (χ0n) is 46.4. The van der Waals surface area contributed by atoms with Gasteiger partial charge >= 0.3 is 24.0 Å². The Hall–Kier alpha value is -7.68. The van der Waals surface area contributed by atoms with Crippen LogP contribution in [0.15, 0.2) is 42.7 Å². The van der Waals surface area contributed by atoms with E-state index in [0.29, 0.717) is 15.1 Å². The normalized spacial score (nSPS) is 23.8. The van der Waals surface area contributed by atoms with Crippen LogP contribution in [-0.4, -0.2) is 259 Å². The van der Waals surface area contributed by atoms with Crippen LogP contribution in [0.1, 0.15) is 48.2 Å². The number of amides is 5. The standard InChI is InChI=1S/C51H66N10O24S/c1-24(2)36(46(52)73)57(3)51(78)83-31(28-5-6-30(29-19-27(86-45(28)29)4-9-35(65)66)82-50-42(72)38(68)40(70)44(85-50)48(76)77)18-25-20-59(55-53-25)12-10-58(34(64)23-80-17-16-79-15-14-61-32(62)7-8-33(61)63)11-13-60-21-26(54-56-60)22-81-49-41(71)37(67)39(69)43(84-49)47(74)75/h5-8,19-21,24,31,36-44,49-50,67-72H,4,9-18,22-23H2,1-3H3,(H2,52,73)(H,65,66)(H,74,75)(H,76,77)/t31?,36-,37-,38-,39-,40-,41+,42+,43-,44-,49+,50+/m0/s1. The van der Waals surface area contributed by atoms with Crippen LogP contribution >= 0.6 is 11.3 Å². The third kappa shape index (κ3) is 16.4. The molecule has 4 aromatic rings. The van der Waals surface area contributed by atoms with Crippen LogP contribution in [0.3, 0.4) is 0 Å². The van der Waals surface area contributed by atoms with Crippen molar-refractivity contribution in [3.05, 3.63) is 64.6 Å². The number of aliphatic hydroxyl groups excluding tert-OH is 6. The van der Waals surface area contributed by atoms with Crippen molar-refractivity contribution < 1.29 is 117 Å². The third-order valence-corrected chi connectivity index (χ3v) is 15.1. The van der Waals surface area contributed by atoms with Gasteiger partial charge in [0, 0.05) is 65.4 Å². The SMILES string of the molecule is CC(C)[C@@H](C(N)=O)N(C)C(=O)OC(Cc1cn(CCN(CCn2cc(CO[C@@H]3O[C@H](C(=O)O)[C@@H](O)[C@H](O)[C@H]3O)nn2)C(=O)COCCOCCN2C(=O)C=CC2=O)nn1)c1ccc(O[C@@H]2O[C@H](C(=O)O)[C@@H](O)[C@H](O)[C@H]2O)c2cc(CCC(=O)O)sc12. The number of carbonyl (C=O) groups is 8. The molecular formula is C51H66N10O24S. The molecule has 3 aromatic heterocycles. The average Bonchev–Trinajstić information content (AvgIpc) is 1.98. The Morgan fingerprint density at radius 2 is 1.34 bits per heavy atom. The second-order valence-corrected chi connectivity index (χ2v) is 21.5. The molecule has 6 heterocycles. The Bertz CT molecular complexity index is 3080. The molecule has 12 atom stereocenters. The molecule has 2 fully saturated rings. The molecule has 3 aliphatic heterocycles. The largest absolute Gasteiger partial charge is 0.481 e. The molecule has 470 valence electrons. The van der Waals surface area contributed by atoms with E-state index in [1.807, 2.05) is 0 Å². The number of aliphatic hydroxyl groups is 6. The molecule has 0 saturated carbocycles. The lowest BCUT2D eigenvalue weighted by Gasteiger charge is -2.38. The molecule has 11 N–H and O–H groups in total. The zero-order valence-corrected chi connectivity index (χ0v) is 47.2. The maximum Gasteiger partial charge on any atom is 0.410 e. The molecule has 86 heavy (non-hydrogen) atoms. The molecule has 7 rings (SSSR count). The lowest BCUT2D eigenvalue weighted by molar-refractivity contribution is -0.297. The van der Waals surface area contributed by atoms with Gasteiger partial charge in [-0.15, -0.1) is 21.5 Å². The summed E-state index contributed by atoms with van der Waals surface area (Å²) in [4.78, 5) is 103. The Morgan fingerprint density at radius 3 is 1.93 bits per heavy atom. The van der Waals surface area contributed by atoms with E-state index in [4.69, 9.17) is 38.9 Å². The van der Waals surface area contributed by atoms with Gasteiger partial charge in [0.1, 0.15) is 66.8 Å². The highest BCUT2D eigenvalue weighted by atomic mass is 32.1. The van der Waals surface area contributed by atoms with E-state index >= 15 is 0 Å². The first-order valence-electron chi connectivity index (χ1n) is 26.7. The molecule has 1 aromatic carbocycles. The summed E-state index contributed by atoms with van der Waals surface area (Å²) in [5.41, 5.74) is 6.39. The van der Waals surface area contributed by atoms with Crippen LogP contribution in [0.4, 0.5) is 4.79 Å². The third-order valence-electron chi connectivity index (χ3n) is 13.9. The summed E-state index contributed by atoms with van der Waals surface area (Å²) < 4.78 is 42.3. The van der Waals surface area contributed by atoms with Gasteiger partial charge < -0.3 is 89.8 Å². The van der Waals surface area contributed by atoms with Gasteiger partial charge in [0.15, 0.2) is 18.5 Å². The van der Waals surface area contributed by atoms with E-state index in [1.165, 1.54) is 45.8 Å². The summed E-state index contributed by atoms with van der Waals surface area (Å²) in [6.07, 6.45) is -16.6. The van der Waals surface area contributed by atoms with Crippen molar-refractivity contribution in [1.29, 1.82) is 0 Å². The number of fused-ring (bicyclic) bond motifs is 1. The topological polar surface area (TPSA) is 480 Å². The fourth-order valence-corrected chi connectivity index (χ4v) is 10.6. The molecular weight excluding hydrogens is 1170 g/mol. The van der Waals surface area contributed by atoms with Gasteiger partial charge in [-0.2, -0.15) is 0 Å². The Balaban J connectivity index is 1.09. The van der Waals surface area contributed by atoms with Gasteiger partial charge in [0.05, 0.1) is 64.4 Å². The smallest absolute Gasteiger partial charge is 0.410 e. The number of ether oxygens (including phenoxy) is 7. The monoisotopic (exact) mass is 1230 g/mol. The van der Waals surface area contributed by atoms with Crippen LogP contribution < -0.4 is 10.5 Å². The first-order chi connectivity index (χ1) is 40.8. The van der Waals surface area contributed by atoms with E-state index in [-0.39, 0.29) is 94.3 Å². The van der Waals surface area contributed by atoms with Crippen molar-refractivity contribution >= 4 is 69.1 Å². The molecule has 3 aliphatic rings. The number of aromatic nitrogens is 6. The number of nitrogens with zero attached hydrogens (tertiary/aromatic N) is 9. The zero-order chi connectivity index (χ0) is 62.7. The minimum Gasteiger partial charge on any atom is -0.481 e. The second kappa shape index (κ2) is 29.6. The maximum absolute atomic E-state index is 14.1. The van der Waals surface area contributed by atoms with Crippen molar-refractivity contribution in [3.8, 4) is 5.75 Å². The van der Waals surface area contributed by atoms with Crippen molar-refractivity contribution in [2.75, 3.05) is 53.1 Å². The molecule has 2 saturated heterocycles. The van der Waals surface area contributed by atoms with Crippen LogP contribution in [0.2, 0.25) is 0 Å². The number of imide groups is 1. The molecule has 0 spiro atoms. The summed E-state index contributed by atoms with van der Waals surface area (Å²) in [6, 6.07) is 3.30. The number of rotatable bonds is 31. The Morgan fingerprint density at radius 1 is 0.756 bits per heavy atom. The first-order valence-corrected chi connectivity index (χ1v) is 27.5. The lowest BCUT2D eigenvalue weighted by atomic mass is 9.99. The van der Waals surface area contributed by atoms with Crippen molar-refractivity contribution in [2.45, 2.75) is 126 Å². The summed E-state index contributed by atoms with van der Waals surface area (Å²) in [5.74, 6) is -7.15. The lowest BCUT2D eigenvalue weighted by Crippen LogP contribution is -2.61. The number of carboxylic acids is 3. The van der Waals surface area contributed by atoms with Crippen molar-refractivity contribution in [1.82, 2.24) is 44.7 Å². The van der Waals surface area contributed by atoms with Crippen molar-refractivity contribution in [2.24, 2.45) is 11.7 Å². The van der Waals surface area contributed by atoms with Gasteiger partial charge in [0.25, 0.3) is 11.8 Å². The van der Waals surface area contributed by atoms with Crippen molar-refractivity contribution in [3.63, 3.8) is 0 Å². The van der Waals surface area contributed by atoms with E-state index in [2.05, 4.69) is 20.6 Å². The molecule has 1 unspecified atom stereocenters. The number of carboxylic acid groups (broad SMARTS) is 3. The van der Waals surface area contributed by atoms with Crippen LogP contribution in [0, 0.1) is 5.92 Å². The fourth-order valence-electron chi connectivity index (χ4n) is 9.34. The van der Waals surface area contributed by atoms with Crippen LogP contribution in [-0.2, 0) is 94.5 Å². The summed E-state index contributed by atoms with van der Waals surface area (Å²) in [5, 5.41) is 108.